The van der Waals surface area contributed by atoms with Crippen molar-refractivity contribution in [2.45, 2.75) is 25.8 Å². The van der Waals surface area contributed by atoms with Gasteiger partial charge in [-0.15, -0.1) is 0 Å². The Hall–Kier alpha value is -2.08. The molecule has 0 fully saturated rings. The van der Waals surface area contributed by atoms with E-state index in [2.05, 4.69) is 5.32 Å². The molecule has 6 heteroatoms. The first-order valence-electron chi connectivity index (χ1n) is 6.35. The highest BCUT2D eigenvalue weighted by Gasteiger charge is 2.18. The number of carbonyl (C=O) groups excluding carboxylic acids is 1. The molecule has 0 heterocycles. The van der Waals surface area contributed by atoms with Crippen LogP contribution in [0.5, 0.6) is 5.75 Å². The Morgan fingerprint density at radius 2 is 1.95 bits per heavy atom. The molecule has 0 spiro atoms. The largest absolute Gasteiger partial charge is 0.494 e. The van der Waals surface area contributed by atoms with Crippen molar-refractivity contribution >= 4 is 11.9 Å². The molecular weight excluding hydrogens is 262 g/mol. The Kier molecular flexibility index (Phi) is 6.52. The highest BCUT2D eigenvalue weighted by molar-refractivity contribution is 5.83. The summed E-state index contributed by atoms with van der Waals surface area (Å²) in [5.41, 5.74) is 1.14. The van der Waals surface area contributed by atoms with Gasteiger partial charge in [0.2, 0.25) is 5.91 Å². The first kappa shape index (κ1) is 16.0. The molecule has 110 valence electrons. The molecule has 6 nitrogen and oxygen atoms in total. The van der Waals surface area contributed by atoms with Crippen LogP contribution in [0.2, 0.25) is 0 Å². The molecule has 0 radical (unpaired) electrons. The number of carboxylic acid groups (broad SMARTS) is 1. The molecule has 1 aromatic rings. The molecule has 1 aromatic carbocycles. The van der Waals surface area contributed by atoms with Crippen LogP contribution in [0.15, 0.2) is 24.3 Å². The van der Waals surface area contributed by atoms with Crippen LogP contribution in [0.3, 0.4) is 0 Å². The summed E-state index contributed by atoms with van der Waals surface area (Å²) in [5.74, 6) is -0.939. The van der Waals surface area contributed by atoms with Crippen LogP contribution in [0.25, 0.3) is 0 Å². The second-order valence-corrected chi connectivity index (χ2v) is 4.41. The van der Waals surface area contributed by atoms with Crippen molar-refractivity contribution < 1.29 is 24.5 Å². The Morgan fingerprint density at radius 3 is 2.50 bits per heavy atom. The van der Waals surface area contributed by atoms with Gasteiger partial charge in [-0.1, -0.05) is 17.7 Å². The average molecular weight is 281 g/mol. The van der Waals surface area contributed by atoms with E-state index in [1.165, 1.54) is 0 Å². The molecule has 1 rings (SSSR count). The van der Waals surface area contributed by atoms with Gasteiger partial charge in [0.15, 0.2) is 0 Å². The van der Waals surface area contributed by atoms with Crippen LogP contribution >= 0.6 is 0 Å². The maximum atomic E-state index is 11.4. The normalized spacial score (nSPS) is 11.7. The first-order valence-corrected chi connectivity index (χ1v) is 6.35. The molecule has 0 aliphatic carbocycles. The number of ether oxygens (including phenoxy) is 1. The number of rotatable bonds is 8. The van der Waals surface area contributed by atoms with E-state index in [1.807, 2.05) is 31.2 Å². The van der Waals surface area contributed by atoms with Gasteiger partial charge in [-0.3, -0.25) is 4.79 Å². The average Bonchev–Trinajstić information content (AvgIpc) is 2.42. The Balaban J connectivity index is 2.22. The van der Waals surface area contributed by atoms with Gasteiger partial charge in [0.25, 0.3) is 0 Å². The number of hydrogen-bond acceptors (Lipinski definition) is 4. The fraction of sp³-hybridized carbons (Fsp3) is 0.429. The van der Waals surface area contributed by atoms with E-state index in [4.69, 9.17) is 14.9 Å². The standard InChI is InChI=1S/C14H19NO5/c1-10-4-6-11(7-5-10)20-8-2-3-13(17)15-12(9-16)14(18)19/h4-7,12,16H,2-3,8-9H2,1H3,(H,15,17)(H,18,19)/t12-/m1/s1. The number of nitrogens with one attached hydrogen (secondary N) is 1. The summed E-state index contributed by atoms with van der Waals surface area (Å²) in [7, 11) is 0. The molecule has 1 atom stereocenters. The van der Waals surface area contributed by atoms with Crippen LogP contribution in [-0.2, 0) is 9.59 Å². The number of amides is 1. The predicted molar refractivity (Wildman–Crippen MR) is 72.6 cm³/mol. The zero-order chi connectivity index (χ0) is 15.0. The number of hydrogen-bond donors (Lipinski definition) is 3. The lowest BCUT2D eigenvalue weighted by molar-refractivity contribution is -0.142. The number of aliphatic hydroxyl groups is 1. The predicted octanol–water partition coefficient (Wildman–Crippen LogP) is 0.716. The zero-order valence-electron chi connectivity index (χ0n) is 11.3. The number of aliphatic hydroxyl groups excluding tert-OH is 1. The van der Waals surface area contributed by atoms with Crippen molar-refractivity contribution in [3.8, 4) is 5.75 Å². The van der Waals surface area contributed by atoms with Crippen molar-refractivity contribution in [2.75, 3.05) is 13.2 Å². The number of carbonyl (C=O) groups is 2. The third-order valence-corrected chi connectivity index (χ3v) is 2.65. The lowest BCUT2D eigenvalue weighted by Gasteiger charge is -2.11. The SMILES string of the molecule is Cc1ccc(OCCCC(=O)N[C@H](CO)C(=O)O)cc1. The third kappa shape index (κ3) is 5.71. The van der Waals surface area contributed by atoms with E-state index in [9.17, 15) is 9.59 Å². The van der Waals surface area contributed by atoms with Gasteiger partial charge >= 0.3 is 5.97 Å². The quantitative estimate of drug-likeness (QED) is 0.610. The van der Waals surface area contributed by atoms with E-state index in [-0.39, 0.29) is 6.42 Å². The minimum Gasteiger partial charge on any atom is -0.494 e. The third-order valence-electron chi connectivity index (χ3n) is 2.65. The molecule has 3 N–H and O–H groups in total. The summed E-state index contributed by atoms with van der Waals surface area (Å²) in [5, 5.41) is 19.7. The van der Waals surface area contributed by atoms with Crippen molar-refractivity contribution in [2.24, 2.45) is 0 Å². The molecule has 0 aliphatic rings. The molecule has 1 amide bonds. The molecule has 0 aliphatic heterocycles. The zero-order valence-corrected chi connectivity index (χ0v) is 11.3. The molecule has 0 aromatic heterocycles. The van der Waals surface area contributed by atoms with Gasteiger partial charge in [0.1, 0.15) is 11.8 Å². The Labute approximate surface area is 117 Å². The van der Waals surface area contributed by atoms with Crippen molar-refractivity contribution in [1.29, 1.82) is 0 Å². The van der Waals surface area contributed by atoms with E-state index >= 15 is 0 Å². The Morgan fingerprint density at radius 1 is 1.30 bits per heavy atom. The molecule has 0 unspecified atom stereocenters. The van der Waals surface area contributed by atoms with Crippen LogP contribution in [0.4, 0.5) is 0 Å². The minimum atomic E-state index is -1.25. The summed E-state index contributed by atoms with van der Waals surface area (Å²) in [4.78, 5) is 22.0. The summed E-state index contributed by atoms with van der Waals surface area (Å²) in [6, 6.07) is 6.31. The van der Waals surface area contributed by atoms with E-state index in [1.54, 1.807) is 0 Å². The van der Waals surface area contributed by atoms with Crippen LogP contribution in [0, 0.1) is 6.92 Å². The van der Waals surface area contributed by atoms with Crippen molar-refractivity contribution in [3.05, 3.63) is 29.8 Å². The highest BCUT2D eigenvalue weighted by Crippen LogP contribution is 2.11. The number of aryl methyl sites for hydroxylation is 1. The number of aliphatic carboxylic acids is 1. The molecule has 0 saturated heterocycles. The van der Waals surface area contributed by atoms with Gasteiger partial charge < -0.3 is 20.3 Å². The Bertz CT molecular complexity index is 443. The fourth-order valence-corrected chi connectivity index (χ4v) is 1.51. The molecule has 20 heavy (non-hydrogen) atoms. The molecular formula is C14H19NO5. The summed E-state index contributed by atoms with van der Waals surface area (Å²) < 4.78 is 5.44. The van der Waals surface area contributed by atoms with Gasteiger partial charge in [-0.05, 0) is 25.5 Å². The lowest BCUT2D eigenvalue weighted by Crippen LogP contribution is -2.43. The minimum absolute atomic E-state index is 0.148. The fourth-order valence-electron chi connectivity index (χ4n) is 1.51. The van der Waals surface area contributed by atoms with Crippen molar-refractivity contribution in [3.63, 3.8) is 0 Å². The molecule has 0 saturated carbocycles. The maximum absolute atomic E-state index is 11.4. The van der Waals surface area contributed by atoms with Gasteiger partial charge in [-0.25, -0.2) is 4.79 Å². The smallest absolute Gasteiger partial charge is 0.328 e. The van der Waals surface area contributed by atoms with Gasteiger partial charge in [0.05, 0.1) is 13.2 Å². The monoisotopic (exact) mass is 281 g/mol. The maximum Gasteiger partial charge on any atom is 0.328 e. The molecule has 0 bridgehead atoms. The van der Waals surface area contributed by atoms with Gasteiger partial charge in [-0.2, -0.15) is 0 Å². The van der Waals surface area contributed by atoms with E-state index < -0.39 is 24.5 Å². The van der Waals surface area contributed by atoms with Crippen molar-refractivity contribution in [1.82, 2.24) is 5.32 Å². The lowest BCUT2D eigenvalue weighted by atomic mass is 10.2. The van der Waals surface area contributed by atoms with Crippen LogP contribution in [-0.4, -0.2) is 41.3 Å². The topological polar surface area (TPSA) is 95.9 Å². The summed E-state index contributed by atoms with van der Waals surface area (Å²) in [6.07, 6.45) is 0.618. The van der Waals surface area contributed by atoms with E-state index in [0.29, 0.717) is 13.0 Å². The second-order valence-electron chi connectivity index (χ2n) is 4.41. The number of carboxylic acids is 1. The van der Waals surface area contributed by atoms with Crippen LogP contribution in [0.1, 0.15) is 18.4 Å². The first-order chi connectivity index (χ1) is 9.52. The second kappa shape index (κ2) is 8.16. The highest BCUT2D eigenvalue weighted by atomic mass is 16.5. The number of benzene rings is 1. The summed E-state index contributed by atoms with van der Waals surface area (Å²) >= 11 is 0. The van der Waals surface area contributed by atoms with E-state index in [0.717, 1.165) is 11.3 Å². The van der Waals surface area contributed by atoms with Crippen LogP contribution < -0.4 is 10.1 Å². The summed E-state index contributed by atoms with van der Waals surface area (Å²) in [6.45, 7) is 1.72. The van der Waals surface area contributed by atoms with Gasteiger partial charge in [0, 0.05) is 6.42 Å².